The van der Waals surface area contributed by atoms with Gasteiger partial charge in [-0.2, -0.15) is 0 Å². The summed E-state index contributed by atoms with van der Waals surface area (Å²) in [5, 5.41) is 3.25. The van der Waals surface area contributed by atoms with Crippen LogP contribution in [0, 0.1) is 5.92 Å². The average Bonchev–Trinajstić information content (AvgIpc) is 2.64. The number of hydrogen-bond donors (Lipinski definition) is 1. The third kappa shape index (κ3) is 2.74. The Kier molecular flexibility index (Phi) is 4.18. The maximum absolute atomic E-state index is 12.0. The van der Waals surface area contributed by atoms with Crippen LogP contribution in [0.15, 0.2) is 0 Å². The van der Waals surface area contributed by atoms with E-state index >= 15 is 0 Å². The van der Waals surface area contributed by atoms with E-state index in [1.54, 1.807) is 0 Å². The molecule has 0 saturated carbocycles. The number of nitrogens with one attached hydrogen (secondary N) is 1. The summed E-state index contributed by atoms with van der Waals surface area (Å²) >= 11 is 0. The highest BCUT2D eigenvalue weighted by Crippen LogP contribution is 2.19. The number of ether oxygens (including phenoxy) is 1. The maximum atomic E-state index is 12.0. The molecule has 2 rings (SSSR count). The highest BCUT2D eigenvalue weighted by molar-refractivity contribution is 5.83. The van der Waals surface area contributed by atoms with Crippen molar-refractivity contribution in [2.75, 3.05) is 32.8 Å². The van der Waals surface area contributed by atoms with Gasteiger partial charge in [0.05, 0.1) is 6.04 Å². The van der Waals surface area contributed by atoms with Gasteiger partial charge in [-0.05, 0) is 31.7 Å². The van der Waals surface area contributed by atoms with Crippen molar-refractivity contribution >= 4 is 5.91 Å². The van der Waals surface area contributed by atoms with Gasteiger partial charge in [-0.25, -0.2) is 0 Å². The SMILES string of the molecule is CCNC1CCN(CC2CCOCC2)C1=O. The van der Waals surface area contributed by atoms with E-state index < -0.39 is 0 Å². The molecule has 2 aliphatic heterocycles. The molecule has 1 N–H and O–H groups in total. The van der Waals surface area contributed by atoms with Crippen molar-refractivity contribution in [3.05, 3.63) is 0 Å². The Bertz CT molecular complexity index is 239. The molecule has 0 aromatic heterocycles. The number of carbonyl (C=O) groups is 1. The van der Waals surface area contributed by atoms with Crippen molar-refractivity contribution in [2.45, 2.75) is 32.2 Å². The number of amides is 1. The largest absolute Gasteiger partial charge is 0.381 e. The Labute approximate surface area is 97.3 Å². The highest BCUT2D eigenvalue weighted by Gasteiger charge is 2.32. The third-order valence-corrected chi connectivity index (χ3v) is 3.57. The predicted molar refractivity (Wildman–Crippen MR) is 62.2 cm³/mol. The Morgan fingerprint density at radius 3 is 2.81 bits per heavy atom. The van der Waals surface area contributed by atoms with Gasteiger partial charge >= 0.3 is 0 Å². The van der Waals surface area contributed by atoms with Gasteiger partial charge in [0.1, 0.15) is 0 Å². The van der Waals surface area contributed by atoms with Gasteiger partial charge in [-0.15, -0.1) is 0 Å². The number of hydrogen-bond acceptors (Lipinski definition) is 3. The fraction of sp³-hybridized carbons (Fsp3) is 0.917. The Balaban J connectivity index is 1.79. The molecule has 2 heterocycles. The minimum Gasteiger partial charge on any atom is -0.381 e. The molecular weight excluding hydrogens is 204 g/mol. The van der Waals surface area contributed by atoms with Gasteiger partial charge < -0.3 is 15.0 Å². The van der Waals surface area contributed by atoms with Crippen molar-refractivity contribution in [1.82, 2.24) is 10.2 Å². The van der Waals surface area contributed by atoms with Crippen LogP contribution in [0.5, 0.6) is 0 Å². The molecule has 16 heavy (non-hydrogen) atoms. The van der Waals surface area contributed by atoms with E-state index in [0.29, 0.717) is 11.8 Å². The van der Waals surface area contributed by atoms with Gasteiger partial charge in [0.15, 0.2) is 0 Å². The number of carbonyl (C=O) groups excluding carboxylic acids is 1. The first kappa shape index (κ1) is 11.9. The number of rotatable bonds is 4. The zero-order valence-corrected chi connectivity index (χ0v) is 10.1. The number of likely N-dealkylation sites (N-methyl/N-ethyl adjacent to an activating group) is 1. The average molecular weight is 226 g/mol. The molecule has 4 nitrogen and oxygen atoms in total. The lowest BCUT2D eigenvalue weighted by atomic mass is 10.00. The molecule has 0 radical (unpaired) electrons. The van der Waals surface area contributed by atoms with E-state index in [1.807, 2.05) is 4.90 Å². The molecule has 92 valence electrons. The molecule has 1 amide bonds. The molecule has 0 aromatic carbocycles. The quantitative estimate of drug-likeness (QED) is 0.764. The molecule has 0 aromatic rings. The first-order valence-corrected chi connectivity index (χ1v) is 6.41. The molecule has 2 saturated heterocycles. The fourth-order valence-electron chi connectivity index (χ4n) is 2.60. The Morgan fingerprint density at radius 2 is 2.12 bits per heavy atom. The molecule has 0 bridgehead atoms. The van der Waals surface area contributed by atoms with Gasteiger partial charge in [0.25, 0.3) is 0 Å². The minimum absolute atomic E-state index is 0.0739. The lowest BCUT2D eigenvalue weighted by Crippen LogP contribution is -2.40. The normalized spacial score (nSPS) is 27.7. The summed E-state index contributed by atoms with van der Waals surface area (Å²) in [4.78, 5) is 14.0. The van der Waals surface area contributed by atoms with Crippen molar-refractivity contribution < 1.29 is 9.53 Å². The first-order valence-electron chi connectivity index (χ1n) is 6.41. The predicted octanol–water partition coefficient (Wildman–Crippen LogP) is 0.623. The van der Waals surface area contributed by atoms with Crippen LogP contribution in [-0.2, 0) is 9.53 Å². The molecule has 1 unspecified atom stereocenters. The second-order valence-corrected chi connectivity index (χ2v) is 4.74. The van der Waals surface area contributed by atoms with Crippen molar-refractivity contribution in [1.29, 1.82) is 0 Å². The topological polar surface area (TPSA) is 41.6 Å². The van der Waals surface area contributed by atoms with E-state index in [-0.39, 0.29) is 6.04 Å². The van der Waals surface area contributed by atoms with Crippen LogP contribution in [0.2, 0.25) is 0 Å². The molecular formula is C12H22N2O2. The number of likely N-dealkylation sites (tertiary alicyclic amines) is 1. The summed E-state index contributed by atoms with van der Waals surface area (Å²) in [6.07, 6.45) is 3.18. The molecule has 0 aliphatic carbocycles. The van der Waals surface area contributed by atoms with Gasteiger partial charge in [-0.1, -0.05) is 6.92 Å². The van der Waals surface area contributed by atoms with Crippen LogP contribution < -0.4 is 5.32 Å². The maximum Gasteiger partial charge on any atom is 0.239 e. The van der Waals surface area contributed by atoms with E-state index in [1.165, 1.54) is 0 Å². The highest BCUT2D eigenvalue weighted by atomic mass is 16.5. The second-order valence-electron chi connectivity index (χ2n) is 4.74. The molecule has 1 atom stereocenters. The first-order chi connectivity index (χ1) is 7.81. The molecule has 0 spiro atoms. The zero-order valence-electron chi connectivity index (χ0n) is 10.1. The summed E-state index contributed by atoms with van der Waals surface area (Å²) in [5.74, 6) is 0.950. The summed E-state index contributed by atoms with van der Waals surface area (Å²) in [6.45, 7) is 6.51. The van der Waals surface area contributed by atoms with Gasteiger partial charge in [0.2, 0.25) is 5.91 Å². The zero-order chi connectivity index (χ0) is 11.4. The second kappa shape index (κ2) is 5.64. The fourth-order valence-corrected chi connectivity index (χ4v) is 2.60. The van der Waals surface area contributed by atoms with Crippen molar-refractivity contribution in [3.63, 3.8) is 0 Å². The summed E-state index contributed by atoms with van der Waals surface area (Å²) in [7, 11) is 0. The van der Waals surface area contributed by atoms with Crippen molar-refractivity contribution in [3.8, 4) is 0 Å². The Morgan fingerprint density at radius 1 is 1.38 bits per heavy atom. The summed E-state index contributed by atoms with van der Waals surface area (Å²) in [6, 6.07) is 0.0739. The van der Waals surface area contributed by atoms with Crippen LogP contribution in [0.25, 0.3) is 0 Å². The third-order valence-electron chi connectivity index (χ3n) is 3.57. The van der Waals surface area contributed by atoms with E-state index in [0.717, 1.165) is 52.1 Å². The summed E-state index contributed by atoms with van der Waals surface area (Å²) in [5.41, 5.74) is 0. The van der Waals surface area contributed by atoms with Crippen LogP contribution in [-0.4, -0.2) is 49.7 Å². The lowest BCUT2D eigenvalue weighted by molar-refractivity contribution is -0.130. The summed E-state index contributed by atoms with van der Waals surface area (Å²) < 4.78 is 5.33. The molecule has 2 aliphatic rings. The van der Waals surface area contributed by atoms with E-state index in [2.05, 4.69) is 12.2 Å². The molecule has 2 fully saturated rings. The van der Waals surface area contributed by atoms with Gasteiger partial charge in [0, 0.05) is 26.3 Å². The van der Waals surface area contributed by atoms with Crippen LogP contribution in [0.3, 0.4) is 0 Å². The van der Waals surface area contributed by atoms with Crippen LogP contribution in [0.1, 0.15) is 26.2 Å². The smallest absolute Gasteiger partial charge is 0.239 e. The van der Waals surface area contributed by atoms with Crippen LogP contribution >= 0.6 is 0 Å². The number of nitrogens with zero attached hydrogens (tertiary/aromatic N) is 1. The monoisotopic (exact) mass is 226 g/mol. The standard InChI is InChI=1S/C12H22N2O2/c1-2-13-11-3-6-14(12(11)15)9-10-4-7-16-8-5-10/h10-11,13H,2-9H2,1H3. The van der Waals surface area contributed by atoms with E-state index in [4.69, 9.17) is 4.74 Å². The molecule has 4 heteroatoms. The Hall–Kier alpha value is -0.610. The van der Waals surface area contributed by atoms with Crippen molar-refractivity contribution in [2.24, 2.45) is 5.92 Å². The van der Waals surface area contributed by atoms with Gasteiger partial charge in [-0.3, -0.25) is 4.79 Å². The lowest BCUT2D eigenvalue weighted by Gasteiger charge is -2.27. The van der Waals surface area contributed by atoms with Crippen LogP contribution in [0.4, 0.5) is 0 Å². The van der Waals surface area contributed by atoms with E-state index in [9.17, 15) is 4.79 Å². The minimum atomic E-state index is 0.0739.